The molecule has 0 fully saturated rings. The highest BCUT2D eigenvalue weighted by Crippen LogP contribution is 2.40. The first-order valence-corrected chi connectivity index (χ1v) is 16.2. The van der Waals surface area contributed by atoms with Crippen LogP contribution in [0.4, 0.5) is 0 Å². The molecule has 0 aliphatic rings. The van der Waals surface area contributed by atoms with E-state index in [2.05, 4.69) is 121 Å². The number of furan rings is 1. The van der Waals surface area contributed by atoms with Crippen molar-refractivity contribution >= 4 is 75.3 Å². The topological polar surface area (TPSA) is 38.9 Å². The number of benzene rings is 6. The van der Waals surface area contributed by atoms with Gasteiger partial charge in [0.1, 0.15) is 11.2 Å². The minimum atomic E-state index is 0.883. The molecule has 0 amide bonds. The smallest absolute Gasteiger partial charge is 0.135 e. The SMILES string of the molecule is c1ccc2c(c1)oc1ccc(-c3ccc4ccc5ccc(-c6ccc(-c7cccc8c7sc7ccccc78)cc6)nc5c4n3)cc12. The van der Waals surface area contributed by atoms with Crippen LogP contribution in [0.15, 0.2) is 150 Å². The predicted molar refractivity (Wildman–Crippen MR) is 194 cm³/mol. The lowest BCUT2D eigenvalue weighted by molar-refractivity contribution is 0.669. The van der Waals surface area contributed by atoms with E-state index in [4.69, 9.17) is 14.4 Å². The lowest BCUT2D eigenvalue weighted by Crippen LogP contribution is -1.91. The first-order chi connectivity index (χ1) is 22.8. The highest BCUT2D eigenvalue weighted by Gasteiger charge is 2.13. The molecule has 3 nitrogen and oxygen atoms in total. The van der Waals surface area contributed by atoms with Gasteiger partial charge < -0.3 is 4.42 Å². The molecule has 0 spiro atoms. The van der Waals surface area contributed by atoms with Gasteiger partial charge in [-0.05, 0) is 53.6 Å². The number of para-hydroxylation sites is 1. The maximum absolute atomic E-state index is 6.06. The monoisotopic (exact) mass is 604 g/mol. The average Bonchev–Trinajstić information content (AvgIpc) is 3.69. The van der Waals surface area contributed by atoms with Gasteiger partial charge in [-0.1, -0.05) is 103 Å². The zero-order valence-corrected chi connectivity index (χ0v) is 25.4. The number of aromatic nitrogens is 2. The van der Waals surface area contributed by atoms with Crippen molar-refractivity contribution in [3.05, 3.63) is 146 Å². The second-order valence-electron chi connectivity index (χ2n) is 11.8. The third-order valence-corrected chi connectivity index (χ3v) is 10.3. The summed E-state index contributed by atoms with van der Waals surface area (Å²) >= 11 is 1.86. The molecule has 46 heavy (non-hydrogen) atoms. The van der Waals surface area contributed by atoms with Gasteiger partial charge in [-0.15, -0.1) is 11.3 Å². The van der Waals surface area contributed by atoms with Gasteiger partial charge in [0.2, 0.25) is 0 Å². The minimum Gasteiger partial charge on any atom is -0.456 e. The van der Waals surface area contributed by atoms with Crippen LogP contribution in [0.2, 0.25) is 0 Å². The van der Waals surface area contributed by atoms with E-state index < -0.39 is 0 Å². The van der Waals surface area contributed by atoms with Crippen molar-refractivity contribution in [3.63, 3.8) is 0 Å². The average molecular weight is 605 g/mol. The van der Waals surface area contributed by atoms with Crippen molar-refractivity contribution in [2.45, 2.75) is 0 Å². The first-order valence-electron chi connectivity index (χ1n) is 15.4. The summed E-state index contributed by atoms with van der Waals surface area (Å²) in [5, 5.41) is 6.99. The van der Waals surface area contributed by atoms with Crippen molar-refractivity contribution in [1.29, 1.82) is 0 Å². The second-order valence-corrected chi connectivity index (χ2v) is 12.8. The van der Waals surface area contributed by atoms with Crippen LogP contribution >= 0.6 is 11.3 Å². The summed E-state index contributed by atoms with van der Waals surface area (Å²) in [5.41, 5.74) is 10.1. The van der Waals surface area contributed by atoms with Gasteiger partial charge in [0, 0.05) is 52.8 Å². The molecule has 4 aromatic heterocycles. The van der Waals surface area contributed by atoms with E-state index in [1.807, 2.05) is 35.6 Å². The van der Waals surface area contributed by atoms with E-state index in [-0.39, 0.29) is 0 Å². The summed E-state index contributed by atoms with van der Waals surface area (Å²) in [5.74, 6) is 0. The zero-order chi connectivity index (χ0) is 30.2. The number of hydrogen-bond acceptors (Lipinski definition) is 4. The van der Waals surface area contributed by atoms with Crippen LogP contribution in [-0.2, 0) is 0 Å². The highest BCUT2D eigenvalue weighted by molar-refractivity contribution is 7.26. The summed E-state index contributed by atoms with van der Waals surface area (Å²) in [6.45, 7) is 0. The number of pyridine rings is 2. The van der Waals surface area contributed by atoms with Crippen molar-refractivity contribution < 1.29 is 4.42 Å². The Hall–Kier alpha value is -5.84. The molecule has 0 saturated carbocycles. The third-order valence-electron chi connectivity index (χ3n) is 9.09. The van der Waals surface area contributed by atoms with Gasteiger partial charge in [0.25, 0.3) is 0 Å². The normalized spacial score (nSPS) is 11.9. The molecular weight excluding hydrogens is 581 g/mol. The summed E-state index contributed by atoms with van der Waals surface area (Å²) in [6, 6.07) is 51.3. The van der Waals surface area contributed by atoms with Crippen LogP contribution in [0.3, 0.4) is 0 Å². The Kier molecular flexibility index (Phi) is 5.45. The van der Waals surface area contributed by atoms with Crippen LogP contribution in [0, 0.1) is 0 Å². The Morgan fingerprint density at radius 1 is 0.435 bits per heavy atom. The molecule has 0 saturated heterocycles. The Balaban J connectivity index is 1.06. The standard InChI is InChI=1S/C42H24N2OS/c1-3-10-37-31(6-1)34-24-29(20-23-38(34)45-37)36-22-19-28-17-16-27-18-21-35(43-40(27)41(28)44-36)26-14-12-25(13-15-26)30-8-5-9-33-32-7-2-4-11-39(32)46-42(30)33/h1-24H. The third kappa shape index (κ3) is 3.91. The lowest BCUT2D eigenvalue weighted by atomic mass is 10.00. The molecule has 10 aromatic rings. The van der Waals surface area contributed by atoms with Gasteiger partial charge >= 0.3 is 0 Å². The molecule has 0 unspecified atom stereocenters. The number of nitrogens with zero attached hydrogens (tertiary/aromatic N) is 2. The van der Waals surface area contributed by atoms with E-state index in [1.165, 1.54) is 31.3 Å². The van der Waals surface area contributed by atoms with E-state index in [9.17, 15) is 0 Å². The predicted octanol–water partition coefficient (Wildman–Crippen LogP) is 12.1. The van der Waals surface area contributed by atoms with Crippen LogP contribution < -0.4 is 0 Å². The molecule has 214 valence electrons. The Labute approximate surface area is 268 Å². The largest absolute Gasteiger partial charge is 0.456 e. The zero-order valence-electron chi connectivity index (χ0n) is 24.6. The van der Waals surface area contributed by atoms with E-state index in [0.717, 1.165) is 66.3 Å². The van der Waals surface area contributed by atoms with Crippen LogP contribution in [0.25, 0.3) is 97.6 Å². The number of fused-ring (bicyclic) bond motifs is 9. The second kappa shape index (κ2) is 9.83. The van der Waals surface area contributed by atoms with Gasteiger partial charge in [-0.25, -0.2) is 9.97 Å². The van der Waals surface area contributed by atoms with Gasteiger partial charge in [0.15, 0.2) is 0 Å². The molecule has 10 rings (SSSR count). The number of thiophene rings is 1. The Bertz CT molecular complexity index is 2810. The van der Waals surface area contributed by atoms with Crippen molar-refractivity contribution in [3.8, 4) is 33.6 Å². The van der Waals surface area contributed by atoms with Crippen molar-refractivity contribution in [1.82, 2.24) is 9.97 Å². The molecule has 0 aliphatic heterocycles. The maximum Gasteiger partial charge on any atom is 0.135 e. The molecular formula is C42H24N2OS. The van der Waals surface area contributed by atoms with Gasteiger partial charge in [0.05, 0.1) is 22.4 Å². The molecule has 0 bridgehead atoms. The Morgan fingerprint density at radius 3 is 1.85 bits per heavy atom. The molecule has 6 aromatic carbocycles. The van der Waals surface area contributed by atoms with Crippen LogP contribution in [0.1, 0.15) is 0 Å². The number of rotatable bonds is 3. The van der Waals surface area contributed by atoms with Crippen molar-refractivity contribution in [2.24, 2.45) is 0 Å². The van der Waals surface area contributed by atoms with E-state index >= 15 is 0 Å². The van der Waals surface area contributed by atoms with E-state index in [0.29, 0.717) is 0 Å². The number of hydrogen-bond donors (Lipinski definition) is 0. The van der Waals surface area contributed by atoms with E-state index in [1.54, 1.807) is 0 Å². The van der Waals surface area contributed by atoms with Crippen LogP contribution in [0.5, 0.6) is 0 Å². The summed E-state index contributed by atoms with van der Waals surface area (Å²) < 4.78 is 8.71. The molecule has 0 radical (unpaired) electrons. The van der Waals surface area contributed by atoms with Crippen molar-refractivity contribution in [2.75, 3.05) is 0 Å². The minimum absolute atomic E-state index is 0.883. The lowest BCUT2D eigenvalue weighted by Gasteiger charge is -2.09. The molecule has 4 heteroatoms. The highest BCUT2D eigenvalue weighted by atomic mass is 32.1. The molecule has 0 N–H and O–H groups in total. The molecule has 0 atom stereocenters. The van der Waals surface area contributed by atoms with Crippen LogP contribution in [-0.4, -0.2) is 9.97 Å². The summed E-state index contributed by atoms with van der Waals surface area (Å²) in [7, 11) is 0. The fourth-order valence-corrected chi connectivity index (χ4v) is 8.01. The maximum atomic E-state index is 6.06. The molecule has 4 heterocycles. The van der Waals surface area contributed by atoms with Gasteiger partial charge in [-0.2, -0.15) is 0 Å². The fraction of sp³-hybridized carbons (Fsp3) is 0. The summed E-state index contributed by atoms with van der Waals surface area (Å²) in [6.07, 6.45) is 0. The first kappa shape index (κ1) is 25.5. The fourth-order valence-electron chi connectivity index (χ4n) is 6.77. The quantitative estimate of drug-likeness (QED) is 0.188. The summed E-state index contributed by atoms with van der Waals surface area (Å²) in [4.78, 5) is 10.4. The Morgan fingerprint density at radius 2 is 1.04 bits per heavy atom. The van der Waals surface area contributed by atoms with Gasteiger partial charge in [-0.3, -0.25) is 0 Å². The molecule has 0 aliphatic carbocycles.